The first-order valence-electron chi connectivity index (χ1n) is 8.18. The summed E-state index contributed by atoms with van der Waals surface area (Å²) in [6.45, 7) is -0.0166. The summed E-state index contributed by atoms with van der Waals surface area (Å²) in [6, 6.07) is 12.0. The Kier molecular flexibility index (Phi) is 5.28. The van der Waals surface area contributed by atoms with Gasteiger partial charge in [0.25, 0.3) is 5.91 Å². The minimum absolute atomic E-state index is 0.00705. The predicted molar refractivity (Wildman–Crippen MR) is 98.3 cm³/mol. The van der Waals surface area contributed by atoms with Crippen LogP contribution in [0, 0.1) is 0 Å². The van der Waals surface area contributed by atoms with Crippen molar-refractivity contribution in [2.45, 2.75) is 12.8 Å². The molecule has 3 N–H and O–H groups in total. The van der Waals surface area contributed by atoms with Gasteiger partial charge in [0.1, 0.15) is 6.61 Å². The molecule has 0 saturated carbocycles. The van der Waals surface area contributed by atoms with Crippen molar-refractivity contribution >= 4 is 34.8 Å². The number of aryl methyl sites for hydroxylation is 1. The highest BCUT2D eigenvalue weighted by Crippen LogP contribution is 2.24. The lowest BCUT2D eigenvalue weighted by molar-refractivity contribution is -0.119. The summed E-state index contributed by atoms with van der Waals surface area (Å²) in [5, 5.41) is 8.29. The van der Waals surface area contributed by atoms with Gasteiger partial charge in [-0.25, -0.2) is 0 Å². The average molecular weight is 353 g/mol. The number of methoxy groups -OCH3 is 1. The van der Waals surface area contributed by atoms with Gasteiger partial charge in [-0.15, -0.1) is 0 Å². The first-order chi connectivity index (χ1) is 12.5. The van der Waals surface area contributed by atoms with Gasteiger partial charge in [-0.1, -0.05) is 0 Å². The number of carbonyl (C=O) groups excluding carboxylic acids is 3. The van der Waals surface area contributed by atoms with Crippen molar-refractivity contribution < 1.29 is 19.1 Å². The van der Waals surface area contributed by atoms with Crippen molar-refractivity contribution in [2.75, 3.05) is 29.7 Å². The summed E-state index contributed by atoms with van der Waals surface area (Å²) in [7, 11) is 1.45. The minimum Gasteiger partial charge on any atom is -0.375 e. The quantitative estimate of drug-likeness (QED) is 0.769. The molecule has 0 unspecified atom stereocenters. The summed E-state index contributed by atoms with van der Waals surface area (Å²) in [6.07, 6.45) is 1.05. The summed E-state index contributed by atoms with van der Waals surface area (Å²) in [5.74, 6) is -0.487. The van der Waals surface area contributed by atoms with E-state index in [0.717, 1.165) is 11.3 Å². The maximum atomic E-state index is 12.4. The van der Waals surface area contributed by atoms with Crippen LogP contribution in [0.5, 0.6) is 0 Å². The van der Waals surface area contributed by atoms with Gasteiger partial charge in [0.15, 0.2) is 0 Å². The fraction of sp³-hybridized carbons (Fsp3) is 0.211. The molecule has 1 heterocycles. The molecule has 134 valence electrons. The summed E-state index contributed by atoms with van der Waals surface area (Å²) in [4.78, 5) is 35.3. The Balaban J connectivity index is 1.64. The van der Waals surface area contributed by atoms with Crippen molar-refractivity contribution in [1.29, 1.82) is 0 Å². The van der Waals surface area contributed by atoms with Gasteiger partial charge in [0.2, 0.25) is 11.8 Å². The van der Waals surface area contributed by atoms with Crippen LogP contribution < -0.4 is 16.0 Å². The van der Waals surface area contributed by atoms with Crippen LogP contribution in [0.1, 0.15) is 22.3 Å². The van der Waals surface area contributed by atoms with E-state index >= 15 is 0 Å². The van der Waals surface area contributed by atoms with Gasteiger partial charge in [0, 0.05) is 36.2 Å². The van der Waals surface area contributed by atoms with E-state index in [0.29, 0.717) is 29.8 Å². The minimum atomic E-state index is -0.245. The maximum Gasteiger partial charge on any atom is 0.255 e. The summed E-state index contributed by atoms with van der Waals surface area (Å²) < 4.78 is 4.75. The zero-order valence-corrected chi connectivity index (χ0v) is 14.3. The number of nitrogens with one attached hydrogen (secondary N) is 3. The maximum absolute atomic E-state index is 12.4. The molecule has 26 heavy (non-hydrogen) atoms. The molecule has 7 heteroatoms. The molecule has 0 radical (unpaired) electrons. The third kappa shape index (κ3) is 4.25. The largest absolute Gasteiger partial charge is 0.375 e. The van der Waals surface area contributed by atoms with Crippen LogP contribution in [0.3, 0.4) is 0 Å². The number of anilines is 3. The molecule has 0 spiro atoms. The Morgan fingerprint density at radius 3 is 2.42 bits per heavy atom. The molecule has 0 atom stereocenters. The lowest BCUT2D eigenvalue weighted by Gasteiger charge is -2.17. The molecule has 0 fully saturated rings. The van der Waals surface area contributed by atoms with Crippen LogP contribution in [-0.2, 0) is 20.7 Å². The molecule has 0 bridgehead atoms. The summed E-state index contributed by atoms with van der Waals surface area (Å²) in [5.41, 5.74) is 3.47. The second kappa shape index (κ2) is 7.79. The second-order valence-electron chi connectivity index (χ2n) is 5.93. The number of ether oxygens (including phenoxy) is 1. The van der Waals surface area contributed by atoms with E-state index in [1.807, 2.05) is 0 Å². The predicted octanol–water partition coefficient (Wildman–Crippen LogP) is 2.41. The Morgan fingerprint density at radius 1 is 1.04 bits per heavy atom. The third-order valence-electron chi connectivity index (χ3n) is 3.96. The van der Waals surface area contributed by atoms with Crippen LogP contribution in [0.15, 0.2) is 42.5 Å². The molecule has 7 nitrogen and oxygen atoms in total. The normalized spacial score (nSPS) is 12.7. The number of amides is 3. The second-order valence-corrected chi connectivity index (χ2v) is 5.93. The molecule has 2 aromatic carbocycles. The zero-order chi connectivity index (χ0) is 18.5. The molecule has 1 aliphatic heterocycles. The Bertz CT molecular complexity index is 846. The van der Waals surface area contributed by atoms with Crippen molar-refractivity contribution in [2.24, 2.45) is 0 Å². The molecule has 0 aliphatic carbocycles. The van der Waals surface area contributed by atoms with Crippen molar-refractivity contribution in [1.82, 2.24) is 0 Å². The van der Waals surface area contributed by atoms with E-state index in [1.54, 1.807) is 42.5 Å². The van der Waals surface area contributed by atoms with E-state index in [9.17, 15) is 14.4 Å². The molecular weight excluding hydrogens is 334 g/mol. The van der Waals surface area contributed by atoms with Crippen LogP contribution in [-0.4, -0.2) is 31.4 Å². The van der Waals surface area contributed by atoms with Crippen molar-refractivity contribution in [3.8, 4) is 0 Å². The van der Waals surface area contributed by atoms with Crippen LogP contribution in [0.4, 0.5) is 17.1 Å². The van der Waals surface area contributed by atoms with E-state index < -0.39 is 0 Å². The van der Waals surface area contributed by atoms with E-state index in [2.05, 4.69) is 16.0 Å². The van der Waals surface area contributed by atoms with Gasteiger partial charge in [-0.2, -0.15) is 0 Å². The Morgan fingerprint density at radius 2 is 1.73 bits per heavy atom. The molecule has 0 saturated heterocycles. The third-order valence-corrected chi connectivity index (χ3v) is 3.96. The average Bonchev–Trinajstić information content (AvgIpc) is 2.63. The monoisotopic (exact) mass is 353 g/mol. The SMILES string of the molecule is COCC(=O)Nc1ccc(NC(=O)c2ccc3c(c2)CCC(=O)N3)cc1. The molecule has 2 aromatic rings. The first-order valence-corrected chi connectivity index (χ1v) is 8.18. The molecule has 3 amide bonds. The highest BCUT2D eigenvalue weighted by atomic mass is 16.5. The van der Waals surface area contributed by atoms with Gasteiger partial charge >= 0.3 is 0 Å². The highest BCUT2D eigenvalue weighted by molar-refractivity contribution is 6.05. The van der Waals surface area contributed by atoms with E-state index in [4.69, 9.17) is 4.74 Å². The lowest BCUT2D eigenvalue weighted by atomic mass is 10.00. The molecule has 1 aliphatic rings. The van der Waals surface area contributed by atoms with E-state index in [1.165, 1.54) is 7.11 Å². The smallest absolute Gasteiger partial charge is 0.255 e. The molecular formula is C19H19N3O4. The Labute approximate surface area is 150 Å². The zero-order valence-electron chi connectivity index (χ0n) is 14.3. The van der Waals surface area contributed by atoms with Gasteiger partial charge < -0.3 is 20.7 Å². The lowest BCUT2D eigenvalue weighted by Crippen LogP contribution is -2.20. The fourth-order valence-corrected chi connectivity index (χ4v) is 2.69. The number of fused-ring (bicyclic) bond motifs is 1. The topological polar surface area (TPSA) is 96.5 Å². The molecule has 0 aromatic heterocycles. The number of rotatable bonds is 5. The number of hydrogen-bond acceptors (Lipinski definition) is 4. The standard InChI is InChI=1S/C19H19N3O4/c1-26-11-18(24)20-14-4-6-15(7-5-14)21-19(25)13-2-8-16-12(10-13)3-9-17(23)22-16/h2,4-8,10H,3,9,11H2,1H3,(H,20,24)(H,21,25)(H,22,23). The van der Waals surface area contributed by atoms with Crippen LogP contribution in [0.2, 0.25) is 0 Å². The number of benzene rings is 2. The first kappa shape index (κ1) is 17.6. The van der Waals surface area contributed by atoms with E-state index in [-0.39, 0.29) is 24.3 Å². The number of hydrogen-bond donors (Lipinski definition) is 3. The fourth-order valence-electron chi connectivity index (χ4n) is 2.69. The molecule has 3 rings (SSSR count). The summed E-state index contributed by atoms with van der Waals surface area (Å²) >= 11 is 0. The van der Waals surface area contributed by atoms with Crippen LogP contribution >= 0.6 is 0 Å². The van der Waals surface area contributed by atoms with Gasteiger partial charge in [0.05, 0.1) is 0 Å². The number of carbonyl (C=O) groups is 3. The van der Waals surface area contributed by atoms with Crippen LogP contribution in [0.25, 0.3) is 0 Å². The highest BCUT2D eigenvalue weighted by Gasteiger charge is 2.16. The van der Waals surface area contributed by atoms with Gasteiger partial charge in [-0.3, -0.25) is 14.4 Å². The Hall–Kier alpha value is -3.19. The van der Waals surface area contributed by atoms with Crippen molar-refractivity contribution in [3.05, 3.63) is 53.6 Å². The van der Waals surface area contributed by atoms with Crippen molar-refractivity contribution in [3.63, 3.8) is 0 Å². The van der Waals surface area contributed by atoms with Gasteiger partial charge in [-0.05, 0) is 54.4 Å².